The van der Waals surface area contributed by atoms with Crippen molar-refractivity contribution in [3.8, 4) is 0 Å². The molecule has 2 aromatic rings. The highest BCUT2D eigenvalue weighted by molar-refractivity contribution is 14.1. The third kappa shape index (κ3) is 3.18. The zero-order valence-corrected chi connectivity index (χ0v) is 13.4. The SMILES string of the molecule is CC(C(=O)Nc1ccccc1)n1cnc(Cl)c(I)c1=O. The smallest absolute Gasteiger partial charge is 0.269 e. The normalized spacial score (nSPS) is 11.9. The maximum atomic E-state index is 12.1. The summed E-state index contributed by atoms with van der Waals surface area (Å²) in [6.07, 6.45) is 1.28. The molecular formula is C13H11ClIN3O2. The number of aromatic nitrogens is 2. The van der Waals surface area contributed by atoms with Gasteiger partial charge in [-0.1, -0.05) is 29.8 Å². The Balaban J connectivity index is 2.24. The van der Waals surface area contributed by atoms with E-state index in [0.717, 1.165) is 0 Å². The molecule has 1 aromatic carbocycles. The van der Waals surface area contributed by atoms with Crippen LogP contribution in [0.5, 0.6) is 0 Å². The van der Waals surface area contributed by atoms with E-state index in [2.05, 4.69) is 10.3 Å². The molecule has 0 fully saturated rings. The molecule has 0 spiro atoms. The van der Waals surface area contributed by atoms with Crippen LogP contribution in [0.4, 0.5) is 5.69 Å². The number of carbonyl (C=O) groups is 1. The van der Waals surface area contributed by atoms with Crippen LogP contribution in [0, 0.1) is 3.57 Å². The molecule has 104 valence electrons. The van der Waals surface area contributed by atoms with Crippen molar-refractivity contribution < 1.29 is 4.79 Å². The average molecular weight is 404 g/mol. The van der Waals surface area contributed by atoms with Crippen LogP contribution in [0.2, 0.25) is 5.15 Å². The summed E-state index contributed by atoms with van der Waals surface area (Å²) in [6.45, 7) is 1.63. The zero-order valence-electron chi connectivity index (χ0n) is 10.5. The number of para-hydroxylation sites is 1. The number of carbonyl (C=O) groups excluding carboxylic acids is 1. The van der Waals surface area contributed by atoms with Crippen LogP contribution in [0.25, 0.3) is 0 Å². The van der Waals surface area contributed by atoms with E-state index in [1.807, 2.05) is 40.8 Å². The first-order valence-corrected chi connectivity index (χ1v) is 7.24. The lowest BCUT2D eigenvalue weighted by molar-refractivity contribution is -0.118. The lowest BCUT2D eigenvalue weighted by atomic mass is 10.2. The first kappa shape index (κ1) is 15.0. The average Bonchev–Trinajstić information content (AvgIpc) is 2.45. The topological polar surface area (TPSA) is 64.0 Å². The van der Waals surface area contributed by atoms with Crippen molar-refractivity contribution in [3.63, 3.8) is 0 Å². The van der Waals surface area contributed by atoms with Crippen LogP contribution < -0.4 is 10.9 Å². The highest BCUT2D eigenvalue weighted by Gasteiger charge is 2.18. The number of anilines is 1. The summed E-state index contributed by atoms with van der Waals surface area (Å²) in [4.78, 5) is 28.1. The molecule has 0 aliphatic carbocycles. The summed E-state index contributed by atoms with van der Waals surface area (Å²) >= 11 is 7.58. The van der Waals surface area contributed by atoms with E-state index >= 15 is 0 Å². The number of amides is 1. The van der Waals surface area contributed by atoms with Crippen LogP contribution in [0.1, 0.15) is 13.0 Å². The highest BCUT2D eigenvalue weighted by Crippen LogP contribution is 2.13. The first-order valence-electron chi connectivity index (χ1n) is 5.78. The zero-order chi connectivity index (χ0) is 14.7. The van der Waals surface area contributed by atoms with Gasteiger partial charge >= 0.3 is 0 Å². The van der Waals surface area contributed by atoms with Crippen LogP contribution >= 0.6 is 34.2 Å². The summed E-state index contributed by atoms with van der Waals surface area (Å²) in [5, 5.41) is 2.88. The highest BCUT2D eigenvalue weighted by atomic mass is 127. The predicted octanol–water partition coefficient (Wildman–Crippen LogP) is 2.70. The molecule has 0 saturated heterocycles. The van der Waals surface area contributed by atoms with Gasteiger partial charge in [0.05, 0.1) is 6.33 Å². The van der Waals surface area contributed by atoms with Crippen molar-refractivity contribution in [2.24, 2.45) is 0 Å². The Hall–Kier alpha value is -1.41. The third-order valence-corrected chi connectivity index (χ3v) is 4.31. The molecular weight excluding hydrogens is 393 g/mol. The van der Waals surface area contributed by atoms with Gasteiger partial charge in [0.25, 0.3) is 5.56 Å². The maximum Gasteiger partial charge on any atom is 0.269 e. The molecule has 1 N–H and O–H groups in total. The van der Waals surface area contributed by atoms with Crippen LogP contribution in [0.3, 0.4) is 0 Å². The van der Waals surface area contributed by atoms with E-state index < -0.39 is 6.04 Å². The number of rotatable bonds is 3. The van der Waals surface area contributed by atoms with Gasteiger partial charge in [-0.2, -0.15) is 0 Å². The van der Waals surface area contributed by atoms with Gasteiger partial charge in [0.2, 0.25) is 5.91 Å². The molecule has 20 heavy (non-hydrogen) atoms. The number of halogens is 2. The van der Waals surface area contributed by atoms with Gasteiger partial charge in [0.15, 0.2) is 0 Å². The fourth-order valence-corrected chi connectivity index (χ4v) is 2.14. The van der Waals surface area contributed by atoms with Gasteiger partial charge in [-0.15, -0.1) is 0 Å². The molecule has 0 aliphatic rings. The fraction of sp³-hybridized carbons (Fsp3) is 0.154. The first-order chi connectivity index (χ1) is 9.50. The van der Waals surface area contributed by atoms with E-state index in [4.69, 9.17) is 11.6 Å². The maximum absolute atomic E-state index is 12.1. The Labute approximate surface area is 134 Å². The Morgan fingerprint density at radius 2 is 2.05 bits per heavy atom. The molecule has 0 saturated carbocycles. The van der Waals surface area contributed by atoms with E-state index in [9.17, 15) is 9.59 Å². The van der Waals surface area contributed by atoms with E-state index in [1.165, 1.54) is 10.9 Å². The van der Waals surface area contributed by atoms with Gasteiger partial charge in [0.1, 0.15) is 14.8 Å². The quantitative estimate of drug-likeness (QED) is 0.633. The molecule has 0 aliphatic heterocycles. The van der Waals surface area contributed by atoms with Gasteiger partial charge in [-0.25, -0.2) is 4.98 Å². The largest absolute Gasteiger partial charge is 0.324 e. The Morgan fingerprint density at radius 3 is 2.70 bits per heavy atom. The van der Waals surface area contributed by atoms with Gasteiger partial charge < -0.3 is 5.32 Å². The van der Waals surface area contributed by atoms with E-state index in [1.54, 1.807) is 19.1 Å². The second-order valence-electron chi connectivity index (χ2n) is 4.09. The van der Waals surface area contributed by atoms with Crippen LogP contribution in [-0.4, -0.2) is 15.5 Å². The van der Waals surface area contributed by atoms with Gasteiger partial charge in [-0.05, 0) is 41.6 Å². The number of benzene rings is 1. The monoisotopic (exact) mass is 403 g/mol. The lowest BCUT2D eigenvalue weighted by Crippen LogP contribution is -2.33. The van der Waals surface area contributed by atoms with Crippen molar-refractivity contribution in [1.82, 2.24) is 9.55 Å². The standard InChI is InChI=1S/C13H11ClIN3O2/c1-8(12(19)17-9-5-3-2-4-6-9)18-7-16-11(14)10(15)13(18)20/h2-8H,1H3,(H,17,19). The molecule has 1 atom stereocenters. The molecule has 2 rings (SSSR count). The minimum atomic E-state index is -0.680. The molecule has 0 radical (unpaired) electrons. The number of hydrogen-bond acceptors (Lipinski definition) is 3. The van der Waals surface area contributed by atoms with Crippen molar-refractivity contribution >= 4 is 45.8 Å². The van der Waals surface area contributed by atoms with Gasteiger partial charge in [0, 0.05) is 5.69 Å². The molecule has 1 heterocycles. The summed E-state index contributed by atoms with van der Waals surface area (Å²) in [7, 11) is 0. The molecule has 5 nitrogen and oxygen atoms in total. The van der Waals surface area contributed by atoms with Crippen molar-refractivity contribution in [3.05, 3.63) is 55.7 Å². The number of hydrogen-bond donors (Lipinski definition) is 1. The van der Waals surface area contributed by atoms with Crippen molar-refractivity contribution in [2.75, 3.05) is 5.32 Å². The Bertz CT molecular complexity index is 688. The third-order valence-electron chi connectivity index (χ3n) is 2.74. The van der Waals surface area contributed by atoms with Crippen LogP contribution in [-0.2, 0) is 4.79 Å². The molecule has 1 unspecified atom stereocenters. The summed E-state index contributed by atoms with van der Waals surface area (Å²) in [5.74, 6) is -0.293. The number of nitrogens with one attached hydrogen (secondary N) is 1. The predicted molar refractivity (Wildman–Crippen MR) is 86.0 cm³/mol. The van der Waals surface area contributed by atoms with Crippen molar-refractivity contribution in [1.29, 1.82) is 0 Å². The number of nitrogens with zero attached hydrogens (tertiary/aromatic N) is 2. The minimum Gasteiger partial charge on any atom is -0.324 e. The second-order valence-corrected chi connectivity index (χ2v) is 5.53. The molecule has 7 heteroatoms. The molecule has 0 bridgehead atoms. The van der Waals surface area contributed by atoms with Gasteiger partial charge in [-0.3, -0.25) is 14.2 Å². The van der Waals surface area contributed by atoms with E-state index in [0.29, 0.717) is 9.26 Å². The van der Waals surface area contributed by atoms with Crippen molar-refractivity contribution in [2.45, 2.75) is 13.0 Å². The lowest BCUT2D eigenvalue weighted by Gasteiger charge is -2.15. The van der Waals surface area contributed by atoms with Crippen LogP contribution in [0.15, 0.2) is 41.5 Å². The molecule has 1 aromatic heterocycles. The fourth-order valence-electron chi connectivity index (χ4n) is 1.59. The Kier molecular flexibility index (Phi) is 4.77. The molecule has 1 amide bonds. The summed E-state index contributed by atoms with van der Waals surface area (Å²) in [6, 6.07) is 8.36. The van der Waals surface area contributed by atoms with E-state index in [-0.39, 0.29) is 16.6 Å². The second kappa shape index (κ2) is 6.36. The minimum absolute atomic E-state index is 0.141. The summed E-state index contributed by atoms with van der Waals surface area (Å²) in [5.41, 5.74) is 0.343. The Morgan fingerprint density at radius 1 is 1.40 bits per heavy atom. The summed E-state index contributed by atoms with van der Waals surface area (Å²) < 4.78 is 1.55.